The molecule has 3 heterocycles. The van der Waals surface area contributed by atoms with Crippen molar-refractivity contribution in [3.63, 3.8) is 0 Å². The topological polar surface area (TPSA) is 117 Å². The van der Waals surface area contributed by atoms with Gasteiger partial charge in [0.1, 0.15) is 11.6 Å². The Bertz CT molecular complexity index is 1180. The minimum Gasteiger partial charge on any atom is -0.481 e. The van der Waals surface area contributed by atoms with Crippen molar-refractivity contribution in [2.45, 2.75) is 12.5 Å². The van der Waals surface area contributed by atoms with Gasteiger partial charge in [0.05, 0.1) is 18.9 Å². The molecule has 1 aromatic heterocycles. The monoisotopic (exact) mass is 449 g/mol. The Labute approximate surface area is 190 Å². The number of carbonyl (C=O) groups is 1. The first-order valence-corrected chi connectivity index (χ1v) is 10.8. The number of halogens is 1. The number of hydrogen-bond donors (Lipinski definition) is 2. The zero-order valence-corrected chi connectivity index (χ0v) is 17.9. The van der Waals surface area contributed by atoms with Gasteiger partial charge < -0.3 is 25.8 Å². The lowest BCUT2D eigenvalue weighted by Crippen LogP contribution is -2.42. The quantitative estimate of drug-likeness (QED) is 0.556. The van der Waals surface area contributed by atoms with Crippen LogP contribution in [0.5, 0.6) is 5.75 Å². The van der Waals surface area contributed by atoms with Crippen molar-refractivity contribution >= 4 is 17.4 Å². The predicted octanol–water partition coefficient (Wildman–Crippen LogP) is 2.74. The molecule has 0 aliphatic carbocycles. The smallest absolute Gasteiger partial charge is 0.263 e. The van der Waals surface area contributed by atoms with Crippen LogP contribution in [0.1, 0.15) is 6.42 Å². The Morgan fingerprint density at radius 1 is 1.06 bits per heavy atom. The van der Waals surface area contributed by atoms with E-state index < -0.39 is 11.9 Å². The van der Waals surface area contributed by atoms with Crippen molar-refractivity contribution in [2.75, 3.05) is 37.8 Å². The molecule has 4 N–H and O–H groups in total. The van der Waals surface area contributed by atoms with Crippen molar-refractivity contribution < 1.29 is 18.7 Å². The molecule has 9 heteroatoms. The highest BCUT2D eigenvalue weighted by atomic mass is 19.1. The third-order valence-electron chi connectivity index (χ3n) is 5.97. The van der Waals surface area contributed by atoms with Crippen molar-refractivity contribution in [2.24, 2.45) is 5.92 Å². The fourth-order valence-corrected chi connectivity index (χ4v) is 4.08. The van der Waals surface area contributed by atoms with Crippen molar-refractivity contribution in [3.05, 3.63) is 54.3 Å². The Balaban J connectivity index is 1.30. The van der Waals surface area contributed by atoms with Crippen LogP contribution in [-0.2, 0) is 9.53 Å². The number of hydrogen-bond acceptors (Lipinski definition) is 7. The molecule has 5 rings (SSSR count). The molecule has 0 unspecified atom stereocenters. The van der Waals surface area contributed by atoms with Crippen LogP contribution in [0.25, 0.3) is 22.4 Å². The van der Waals surface area contributed by atoms with E-state index in [1.807, 2.05) is 17.0 Å². The fraction of sp³-hybridized carbons (Fsp3) is 0.292. The van der Waals surface area contributed by atoms with E-state index in [2.05, 4.69) is 10.2 Å². The number of benzene rings is 2. The zero-order valence-electron chi connectivity index (χ0n) is 17.9. The van der Waals surface area contributed by atoms with E-state index in [0.717, 1.165) is 25.3 Å². The van der Waals surface area contributed by atoms with Crippen LogP contribution in [0.4, 0.5) is 15.9 Å². The number of carbonyl (C=O) groups excluding carboxylic acids is 1. The summed E-state index contributed by atoms with van der Waals surface area (Å²) in [5.41, 5.74) is 14.0. The second-order valence-corrected chi connectivity index (χ2v) is 8.38. The van der Waals surface area contributed by atoms with Crippen molar-refractivity contribution in [1.82, 2.24) is 15.1 Å². The summed E-state index contributed by atoms with van der Waals surface area (Å²) in [6, 6.07) is 13.3. The maximum Gasteiger partial charge on any atom is 0.263 e. The molecule has 1 amide bonds. The molecule has 8 nitrogen and oxygen atoms in total. The van der Waals surface area contributed by atoms with Gasteiger partial charge in [0, 0.05) is 47.8 Å². The van der Waals surface area contributed by atoms with Crippen molar-refractivity contribution in [3.8, 4) is 28.1 Å². The van der Waals surface area contributed by atoms with Crippen LogP contribution in [0, 0.1) is 11.7 Å². The molecule has 2 aliphatic heterocycles. The van der Waals surface area contributed by atoms with Crippen LogP contribution in [0.15, 0.2) is 48.5 Å². The van der Waals surface area contributed by atoms with Crippen LogP contribution in [-0.4, -0.2) is 53.4 Å². The molecule has 3 aromatic rings. The Morgan fingerprint density at radius 3 is 2.55 bits per heavy atom. The second-order valence-electron chi connectivity index (χ2n) is 8.38. The lowest BCUT2D eigenvalue weighted by atomic mass is 10.0. The third kappa shape index (κ3) is 4.31. The summed E-state index contributed by atoms with van der Waals surface area (Å²) < 4.78 is 25.5. The zero-order chi connectivity index (χ0) is 22.9. The molecule has 2 aromatic carbocycles. The molecule has 0 bridgehead atoms. The summed E-state index contributed by atoms with van der Waals surface area (Å²) in [6.45, 7) is 2.86. The first-order chi connectivity index (χ1) is 16.0. The van der Waals surface area contributed by atoms with Gasteiger partial charge in [-0.05, 0) is 48.5 Å². The van der Waals surface area contributed by atoms with Gasteiger partial charge in [0.2, 0.25) is 0 Å². The molecule has 33 heavy (non-hydrogen) atoms. The van der Waals surface area contributed by atoms with E-state index in [1.165, 1.54) is 6.07 Å². The minimum absolute atomic E-state index is 0.0190. The van der Waals surface area contributed by atoms with E-state index in [4.69, 9.17) is 20.9 Å². The number of amides is 1. The van der Waals surface area contributed by atoms with Crippen LogP contribution in [0.2, 0.25) is 0 Å². The van der Waals surface area contributed by atoms with Crippen molar-refractivity contribution in [1.29, 1.82) is 0 Å². The summed E-state index contributed by atoms with van der Waals surface area (Å²) in [7, 11) is 0. The number of ether oxygens (including phenoxy) is 2. The average molecular weight is 449 g/mol. The predicted molar refractivity (Wildman–Crippen MR) is 122 cm³/mol. The molecule has 0 saturated carbocycles. The molecule has 0 radical (unpaired) electrons. The van der Waals surface area contributed by atoms with Gasteiger partial charge in [-0.3, -0.25) is 4.79 Å². The molecule has 2 fully saturated rings. The minimum atomic E-state index is -0.482. The molecular weight excluding hydrogens is 425 g/mol. The highest BCUT2D eigenvalue weighted by Gasteiger charge is 2.35. The lowest BCUT2D eigenvalue weighted by molar-refractivity contribution is -0.136. The average Bonchev–Trinajstić information content (AvgIpc) is 3.11. The standard InChI is InChI=1S/C24H24FN5O3/c25-20-9-16(26)3-6-18(20)19-10-21(28-29-23(19)27)15-1-4-17(5-2-15)33-22-7-8-30(24(22)31)11-14-12-32-13-14/h1-6,9-10,14,22H,7-8,11-13,26H2,(H2,27,29)/t22-/m1/s1. The fourth-order valence-electron chi connectivity index (χ4n) is 4.08. The molecule has 170 valence electrons. The summed E-state index contributed by atoms with van der Waals surface area (Å²) in [4.78, 5) is 14.5. The molecule has 1 atom stereocenters. The maximum absolute atomic E-state index is 14.4. The van der Waals surface area contributed by atoms with E-state index >= 15 is 0 Å². The van der Waals surface area contributed by atoms with Crippen LogP contribution < -0.4 is 16.2 Å². The number of nitrogens with zero attached hydrogens (tertiary/aromatic N) is 3. The van der Waals surface area contributed by atoms with Crippen LogP contribution in [0.3, 0.4) is 0 Å². The van der Waals surface area contributed by atoms with Gasteiger partial charge in [-0.2, -0.15) is 0 Å². The van der Waals surface area contributed by atoms with E-state index in [0.29, 0.717) is 47.1 Å². The van der Waals surface area contributed by atoms with E-state index in [-0.39, 0.29) is 11.7 Å². The van der Waals surface area contributed by atoms with Gasteiger partial charge in [0.25, 0.3) is 5.91 Å². The summed E-state index contributed by atoms with van der Waals surface area (Å²) in [5, 5.41) is 8.14. The van der Waals surface area contributed by atoms with Gasteiger partial charge in [-0.1, -0.05) is 0 Å². The number of rotatable bonds is 6. The second kappa shape index (κ2) is 8.67. The SMILES string of the molecule is Nc1ccc(-c2cc(-c3ccc(O[C@@H]4CCN(CC5COC5)C4=O)cc3)nnc2N)c(F)c1. The summed E-state index contributed by atoms with van der Waals surface area (Å²) >= 11 is 0. The van der Waals surface area contributed by atoms with E-state index in [1.54, 1.807) is 30.3 Å². The van der Waals surface area contributed by atoms with Gasteiger partial charge in [-0.25, -0.2) is 4.39 Å². The highest BCUT2D eigenvalue weighted by molar-refractivity contribution is 5.83. The first-order valence-electron chi connectivity index (χ1n) is 10.8. The molecule has 2 aliphatic rings. The normalized spacial score (nSPS) is 18.4. The number of nitrogens with two attached hydrogens (primary N) is 2. The summed E-state index contributed by atoms with van der Waals surface area (Å²) in [6.07, 6.45) is 0.182. The largest absolute Gasteiger partial charge is 0.481 e. The number of anilines is 2. The number of nitrogen functional groups attached to an aromatic ring is 2. The van der Waals surface area contributed by atoms with E-state index in [9.17, 15) is 9.18 Å². The Hall–Kier alpha value is -3.72. The van der Waals surface area contributed by atoms with Gasteiger partial charge in [-0.15, -0.1) is 10.2 Å². The Kier molecular flexibility index (Phi) is 5.55. The molecule has 0 spiro atoms. The first kappa shape index (κ1) is 21.1. The van der Waals surface area contributed by atoms with Gasteiger partial charge in [0.15, 0.2) is 11.9 Å². The molecule has 2 saturated heterocycles. The van der Waals surface area contributed by atoms with Crippen LogP contribution >= 0.6 is 0 Å². The maximum atomic E-state index is 14.4. The highest BCUT2D eigenvalue weighted by Crippen LogP contribution is 2.32. The third-order valence-corrected chi connectivity index (χ3v) is 5.97. The number of aromatic nitrogens is 2. The molecular formula is C24H24FN5O3. The number of likely N-dealkylation sites (tertiary alicyclic amines) is 1. The summed E-state index contributed by atoms with van der Waals surface area (Å²) in [5.74, 6) is 0.689. The Morgan fingerprint density at radius 2 is 1.85 bits per heavy atom. The van der Waals surface area contributed by atoms with Gasteiger partial charge >= 0.3 is 0 Å². The lowest BCUT2D eigenvalue weighted by Gasteiger charge is -2.30.